The minimum Gasteiger partial charge on any atom is -0.444 e. The van der Waals surface area contributed by atoms with Gasteiger partial charge in [-0.05, 0) is 83.2 Å². The first-order valence-electron chi connectivity index (χ1n) is 16.2. The molecule has 248 valence electrons. The predicted molar refractivity (Wildman–Crippen MR) is 177 cm³/mol. The van der Waals surface area contributed by atoms with Gasteiger partial charge in [-0.1, -0.05) is 6.07 Å². The largest absolute Gasteiger partial charge is 0.444 e. The molecule has 4 aromatic rings. The summed E-state index contributed by atoms with van der Waals surface area (Å²) in [5.41, 5.74) is 4.65. The first kappa shape index (κ1) is 32.3. The number of benzene rings is 1. The number of hydrogen-bond donors (Lipinski definition) is 2. The zero-order valence-electron chi connectivity index (χ0n) is 27.4. The van der Waals surface area contributed by atoms with Crippen molar-refractivity contribution in [3.05, 3.63) is 54.7 Å². The number of carbonyl (C=O) groups is 2. The van der Waals surface area contributed by atoms with Crippen LogP contribution in [0.25, 0.3) is 22.4 Å². The third-order valence-electron chi connectivity index (χ3n) is 8.16. The highest BCUT2D eigenvalue weighted by molar-refractivity contribution is 5.93. The highest BCUT2D eigenvalue weighted by Crippen LogP contribution is 2.34. The summed E-state index contributed by atoms with van der Waals surface area (Å²) in [5, 5.41) is 6.46. The first-order valence-corrected chi connectivity index (χ1v) is 16.2. The van der Waals surface area contributed by atoms with Crippen molar-refractivity contribution in [3.8, 4) is 11.3 Å². The molecule has 0 radical (unpaired) electrons. The van der Waals surface area contributed by atoms with Crippen molar-refractivity contribution in [1.82, 2.24) is 29.4 Å². The Labute approximate surface area is 274 Å². The fraction of sp³-hybridized carbons (Fsp3) is 0.471. The Morgan fingerprint density at radius 3 is 2.70 bits per heavy atom. The molecule has 0 aliphatic carbocycles. The number of nitrogens with zero attached hydrogens (tertiary/aromatic N) is 6. The highest BCUT2D eigenvalue weighted by atomic mass is 16.6. The number of aromatic nitrogens is 5. The number of hydrogen-bond acceptors (Lipinski definition) is 10. The number of anilines is 3. The van der Waals surface area contributed by atoms with E-state index in [1.807, 2.05) is 62.6 Å². The summed E-state index contributed by atoms with van der Waals surface area (Å²) >= 11 is 0. The lowest BCUT2D eigenvalue weighted by molar-refractivity contribution is -0.118. The van der Waals surface area contributed by atoms with E-state index in [9.17, 15) is 9.59 Å². The van der Waals surface area contributed by atoms with Crippen LogP contribution < -0.4 is 10.6 Å². The van der Waals surface area contributed by atoms with E-state index in [-0.39, 0.29) is 30.8 Å². The molecule has 2 N–H and O–H groups in total. The average Bonchev–Trinajstić information content (AvgIpc) is 3.35. The van der Waals surface area contributed by atoms with Crippen LogP contribution in [0.4, 0.5) is 22.0 Å². The second kappa shape index (κ2) is 14.0. The molecule has 1 aromatic carbocycles. The molecule has 0 spiro atoms. The number of fused-ring (bicyclic) bond motifs is 1. The SMILES string of the molecule is Cc1ccc(NC(=O)CC2CCN(C(=O)OC(C)(C)C)CCO2)cc1Nc1ncccc1-c1ncnc2c1ncn2C1CCCCO1. The fourth-order valence-corrected chi connectivity index (χ4v) is 5.77. The maximum atomic E-state index is 13.1. The maximum Gasteiger partial charge on any atom is 0.410 e. The van der Waals surface area contributed by atoms with Crippen LogP contribution in [0.3, 0.4) is 0 Å². The van der Waals surface area contributed by atoms with E-state index >= 15 is 0 Å². The van der Waals surface area contributed by atoms with Gasteiger partial charge in [0.15, 0.2) is 5.65 Å². The van der Waals surface area contributed by atoms with Gasteiger partial charge in [-0.2, -0.15) is 0 Å². The van der Waals surface area contributed by atoms with E-state index in [0.29, 0.717) is 54.5 Å². The quantitative estimate of drug-likeness (QED) is 0.246. The van der Waals surface area contributed by atoms with Gasteiger partial charge in [0.1, 0.15) is 35.2 Å². The summed E-state index contributed by atoms with van der Waals surface area (Å²) in [7, 11) is 0. The van der Waals surface area contributed by atoms with Crippen LogP contribution in [-0.2, 0) is 19.0 Å². The van der Waals surface area contributed by atoms with Gasteiger partial charge in [-0.3, -0.25) is 9.36 Å². The lowest BCUT2D eigenvalue weighted by Crippen LogP contribution is -2.38. The zero-order chi connectivity index (χ0) is 33.0. The lowest BCUT2D eigenvalue weighted by Gasteiger charge is -2.26. The van der Waals surface area contributed by atoms with Crippen molar-refractivity contribution in [2.45, 2.75) is 77.7 Å². The Hall–Kier alpha value is -4.62. The smallest absolute Gasteiger partial charge is 0.410 e. The molecule has 2 amide bonds. The van der Waals surface area contributed by atoms with Crippen molar-refractivity contribution in [2.75, 3.05) is 36.9 Å². The number of nitrogens with one attached hydrogen (secondary N) is 2. The van der Waals surface area contributed by atoms with Crippen LogP contribution in [0.15, 0.2) is 49.2 Å². The molecule has 2 saturated heterocycles. The summed E-state index contributed by atoms with van der Waals surface area (Å²) < 4.78 is 19.4. The molecule has 2 aliphatic heterocycles. The average molecular weight is 643 g/mol. The Morgan fingerprint density at radius 1 is 1.02 bits per heavy atom. The van der Waals surface area contributed by atoms with Crippen LogP contribution in [0.2, 0.25) is 0 Å². The predicted octanol–water partition coefficient (Wildman–Crippen LogP) is 5.99. The second-order valence-corrected chi connectivity index (χ2v) is 12.9. The molecule has 47 heavy (non-hydrogen) atoms. The van der Waals surface area contributed by atoms with Gasteiger partial charge in [0.05, 0.1) is 25.5 Å². The number of imidazole rings is 1. The molecule has 2 fully saturated rings. The van der Waals surface area contributed by atoms with E-state index in [2.05, 4.69) is 30.6 Å². The van der Waals surface area contributed by atoms with Gasteiger partial charge in [0.2, 0.25) is 5.91 Å². The molecule has 0 bridgehead atoms. The van der Waals surface area contributed by atoms with Crippen LogP contribution in [0, 0.1) is 6.92 Å². The van der Waals surface area contributed by atoms with Crippen LogP contribution in [0.5, 0.6) is 0 Å². The molecular weight excluding hydrogens is 600 g/mol. The molecule has 2 aliphatic rings. The van der Waals surface area contributed by atoms with Gasteiger partial charge in [-0.25, -0.2) is 24.7 Å². The summed E-state index contributed by atoms with van der Waals surface area (Å²) in [6.07, 6.45) is 8.06. The Kier molecular flexibility index (Phi) is 9.64. The van der Waals surface area contributed by atoms with E-state index in [0.717, 1.165) is 42.7 Å². The number of aryl methyl sites for hydroxylation is 1. The first-order chi connectivity index (χ1) is 22.6. The van der Waals surface area contributed by atoms with Crippen molar-refractivity contribution in [2.24, 2.45) is 0 Å². The molecule has 3 aromatic heterocycles. The van der Waals surface area contributed by atoms with E-state index in [1.165, 1.54) is 0 Å². The lowest BCUT2D eigenvalue weighted by atomic mass is 10.1. The third-order valence-corrected chi connectivity index (χ3v) is 8.16. The van der Waals surface area contributed by atoms with Crippen molar-refractivity contribution >= 4 is 40.4 Å². The van der Waals surface area contributed by atoms with Gasteiger partial charge in [0, 0.05) is 42.8 Å². The standard InChI is InChI=1S/C34H42N8O5/c1-22-10-11-23(39-27(43)19-24-12-14-41(15-17-45-24)33(44)47-34(2,3)4)18-26(22)40-31-25(8-7-13-35-31)29-30-32(37-20-36-29)42(21-38-30)28-9-5-6-16-46-28/h7-8,10-11,13,18,20-21,24,28H,5-6,9,12,14-17,19H2,1-4H3,(H,35,40)(H,39,43). The van der Waals surface area contributed by atoms with Gasteiger partial charge < -0.3 is 29.7 Å². The minimum atomic E-state index is -0.570. The summed E-state index contributed by atoms with van der Waals surface area (Å²) in [4.78, 5) is 45.7. The molecule has 2 unspecified atom stereocenters. The van der Waals surface area contributed by atoms with Crippen LogP contribution in [0.1, 0.15) is 64.7 Å². The summed E-state index contributed by atoms with van der Waals surface area (Å²) in [6.45, 7) is 9.46. The molecule has 6 rings (SSSR count). The molecular formula is C34H42N8O5. The Balaban J connectivity index is 1.14. The van der Waals surface area contributed by atoms with Crippen LogP contribution >= 0.6 is 0 Å². The normalized spacial score (nSPS) is 18.9. The Morgan fingerprint density at radius 2 is 1.89 bits per heavy atom. The number of rotatable bonds is 7. The topological polar surface area (TPSA) is 146 Å². The maximum absolute atomic E-state index is 13.1. The van der Waals surface area contributed by atoms with E-state index < -0.39 is 5.60 Å². The fourth-order valence-electron chi connectivity index (χ4n) is 5.77. The highest BCUT2D eigenvalue weighted by Gasteiger charge is 2.27. The van der Waals surface area contributed by atoms with E-state index in [1.54, 1.807) is 23.8 Å². The Bertz CT molecular complexity index is 1730. The molecule has 5 heterocycles. The van der Waals surface area contributed by atoms with Gasteiger partial charge >= 0.3 is 6.09 Å². The van der Waals surface area contributed by atoms with Crippen molar-refractivity contribution in [3.63, 3.8) is 0 Å². The number of amides is 2. The summed E-state index contributed by atoms with van der Waals surface area (Å²) in [6, 6.07) is 9.50. The van der Waals surface area contributed by atoms with E-state index in [4.69, 9.17) is 14.2 Å². The van der Waals surface area contributed by atoms with Crippen molar-refractivity contribution < 1.29 is 23.8 Å². The van der Waals surface area contributed by atoms with Gasteiger partial charge in [0.25, 0.3) is 0 Å². The second-order valence-electron chi connectivity index (χ2n) is 12.9. The summed E-state index contributed by atoms with van der Waals surface area (Å²) in [5.74, 6) is 0.430. The monoisotopic (exact) mass is 642 g/mol. The van der Waals surface area contributed by atoms with Crippen molar-refractivity contribution in [1.29, 1.82) is 0 Å². The third kappa shape index (κ3) is 7.86. The molecule has 2 atom stereocenters. The number of pyridine rings is 1. The zero-order valence-corrected chi connectivity index (χ0v) is 27.4. The molecule has 13 nitrogen and oxygen atoms in total. The molecule has 13 heteroatoms. The number of ether oxygens (including phenoxy) is 3. The van der Waals surface area contributed by atoms with Gasteiger partial charge in [-0.15, -0.1) is 0 Å². The van der Waals surface area contributed by atoms with Crippen LogP contribution in [-0.4, -0.2) is 79.4 Å². The minimum absolute atomic E-state index is 0.0929. The number of carbonyl (C=O) groups excluding carboxylic acids is 2. The molecule has 0 saturated carbocycles.